The Hall–Kier alpha value is -3.79. The Morgan fingerprint density at radius 1 is 1.14 bits per heavy atom. The molecule has 2 aromatic carbocycles. The molecule has 3 aromatic rings. The van der Waals surface area contributed by atoms with E-state index in [0.717, 1.165) is 11.3 Å². The standard InChI is InChI=1S/C27H26F2N2O5S/c1-4-10-18-22(25(33)35-5-2)23(17-12-7-9-14-20(17)34-3)31-24(32)21(37-27(31)30-18)15-16-11-6-8-13-19(16)36-26(28)29/h6-9,11-15,23,26H,4-5,10H2,1-3H3/b21-15+/t23-/m0/s1. The van der Waals surface area contributed by atoms with Crippen LogP contribution in [0.1, 0.15) is 43.9 Å². The summed E-state index contributed by atoms with van der Waals surface area (Å²) in [5, 5.41) is 0. The summed E-state index contributed by atoms with van der Waals surface area (Å²) in [6, 6.07) is 12.5. The van der Waals surface area contributed by atoms with Crippen molar-refractivity contribution in [2.24, 2.45) is 4.99 Å². The third-order valence-corrected chi connectivity index (χ3v) is 6.73. The Balaban J connectivity index is 2.01. The number of allylic oxidation sites excluding steroid dienone is 1. The van der Waals surface area contributed by atoms with E-state index in [1.165, 1.54) is 23.8 Å². The molecule has 0 radical (unpaired) electrons. The first-order valence-corrected chi connectivity index (χ1v) is 12.6. The van der Waals surface area contributed by atoms with Gasteiger partial charge < -0.3 is 14.2 Å². The zero-order valence-electron chi connectivity index (χ0n) is 20.6. The lowest BCUT2D eigenvalue weighted by Crippen LogP contribution is -2.40. The fourth-order valence-electron chi connectivity index (χ4n) is 4.25. The first-order chi connectivity index (χ1) is 17.9. The fourth-order valence-corrected chi connectivity index (χ4v) is 5.26. The van der Waals surface area contributed by atoms with Crippen molar-refractivity contribution in [2.45, 2.75) is 39.3 Å². The van der Waals surface area contributed by atoms with E-state index in [1.807, 2.05) is 6.92 Å². The lowest BCUT2D eigenvalue weighted by molar-refractivity contribution is -0.139. The van der Waals surface area contributed by atoms with Crippen molar-refractivity contribution in [3.05, 3.63) is 90.6 Å². The summed E-state index contributed by atoms with van der Waals surface area (Å²) in [5.74, 6) is -0.114. The molecule has 7 nitrogen and oxygen atoms in total. The van der Waals surface area contributed by atoms with Crippen LogP contribution in [0.5, 0.6) is 11.5 Å². The maximum atomic E-state index is 13.8. The summed E-state index contributed by atoms with van der Waals surface area (Å²) in [7, 11) is 1.52. The van der Waals surface area contributed by atoms with Gasteiger partial charge in [0.1, 0.15) is 17.5 Å². The van der Waals surface area contributed by atoms with E-state index in [1.54, 1.807) is 49.4 Å². The number of methoxy groups -OCH3 is 1. The summed E-state index contributed by atoms with van der Waals surface area (Å²) < 4.78 is 43.2. The molecule has 1 aromatic heterocycles. The topological polar surface area (TPSA) is 79.1 Å². The summed E-state index contributed by atoms with van der Waals surface area (Å²) in [6.07, 6.45) is 2.71. The molecule has 0 fully saturated rings. The van der Waals surface area contributed by atoms with Gasteiger partial charge in [0.05, 0.1) is 29.5 Å². The van der Waals surface area contributed by atoms with Crippen LogP contribution >= 0.6 is 11.3 Å². The lowest BCUT2D eigenvalue weighted by Gasteiger charge is -2.26. The molecule has 194 valence electrons. The number of carbonyl (C=O) groups excluding carboxylic acids is 1. The van der Waals surface area contributed by atoms with Gasteiger partial charge in [-0.15, -0.1) is 0 Å². The van der Waals surface area contributed by atoms with Gasteiger partial charge in [-0.2, -0.15) is 8.78 Å². The molecular formula is C27H26F2N2O5S. The maximum absolute atomic E-state index is 13.8. The summed E-state index contributed by atoms with van der Waals surface area (Å²) in [5.41, 5.74) is 1.30. The highest BCUT2D eigenvalue weighted by Gasteiger charge is 2.35. The number of ether oxygens (including phenoxy) is 3. The first kappa shape index (κ1) is 26.3. The van der Waals surface area contributed by atoms with E-state index < -0.39 is 24.2 Å². The number of halogens is 2. The van der Waals surface area contributed by atoms with Crippen LogP contribution in [0.25, 0.3) is 6.08 Å². The minimum atomic E-state index is -3.01. The third-order valence-electron chi connectivity index (χ3n) is 5.75. The zero-order chi connectivity index (χ0) is 26.5. The molecule has 1 aliphatic rings. The predicted octanol–water partition coefficient (Wildman–Crippen LogP) is 4.19. The SMILES string of the molecule is CCCC1=C(C(=O)OCC)[C@H](c2ccccc2OC)n2c(s/c(=C/c3ccccc3OC(F)F)c2=O)=N1. The van der Waals surface area contributed by atoms with Gasteiger partial charge in [0.25, 0.3) is 5.56 Å². The van der Waals surface area contributed by atoms with Crippen LogP contribution in [0.15, 0.2) is 69.6 Å². The van der Waals surface area contributed by atoms with Crippen LogP contribution < -0.4 is 24.4 Å². The van der Waals surface area contributed by atoms with Gasteiger partial charge in [0.2, 0.25) is 0 Å². The van der Waals surface area contributed by atoms with Gasteiger partial charge in [-0.1, -0.05) is 61.1 Å². The number of rotatable bonds is 9. The largest absolute Gasteiger partial charge is 0.496 e. The van der Waals surface area contributed by atoms with E-state index in [4.69, 9.17) is 14.5 Å². The van der Waals surface area contributed by atoms with Crippen LogP contribution in [0, 0.1) is 0 Å². The molecule has 1 aliphatic heterocycles. The molecule has 0 amide bonds. The number of hydrogen-bond acceptors (Lipinski definition) is 7. The number of esters is 1. The molecule has 1 atom stereocenters. The highest BCUT2D eigenvalue weighted by atomic mass is 32.1. The van der Waals surface area contributed by atoms with Crippen molar-refractivity contribution in [1.82, 2.24) is 4.57 Å². The van der Waals surface area contributed by atoms with Gasteiger partial charge in [0, 0.05) is 11.1 Å². The Morgan fingerprint density at radius 2 is 1.84 bits per heavy atom. The van der Waals surface area contributed by atoms with Crippen molar-refractivity contribution in [2.75, 3.05) is 13.7 Å². The minimum Gasteiger partial charge on any atom is -0.496 e. The number of fused-ring (bicyclic) bond motifs is 1. The molecule has 0 spiro atoms. The van der Waals surface area contributed by atoms with Crippen LogP contribution in [-0.4, -0.2) is 30.9 Å². The number of thiazole rings is 1. The second-order valence-electron chi connectivity index (χ2n) is 8.07. The molecule has 0 N–H and O–H groups in total. The van der Waals surface area contributed by atoms with Crippen molar-refractivity contribution in [1.29, 1.82) is 0 Å². The molecule has 0 saturated heterocycles. The molecule has 0 aliphatic carbocycles. The van der Waals surface area contributed by atoms with Crippen molar-refractivity contribution >= 4 is 23.4 Å². The van der Waals surface area contributed by atoms with E-state index >= 15 is 0 Å². The lowest BCUT2D eigenvalue weighted by atomic mass is 9.93. The number of para-hydroxylation sites is 2. The smallest absolute Gasteiger partial charge is 0.387 e. The molecule has 37 heavy (non-hydrogen) atoms. The number of alkyl halides is 2. The van der Waals surface area contributed by atoms with Crippen LogP contribution in [0.2, 0.25) is 0 Å². The number of aromatic nitrogens is 1. The molecule has 0 saturated carbocycles. The van der Waals surface area contributed by atoms with E-state index in [0.29, 0.717) is 40.2 Å². The van der Waals surface area contributed by atoms with Crippen molar-refractivity contribution in [3.8, 4) is 11.5 Å². The average molecular weight is 529 g/mol. The fraction of sp³-hybridized carbons (Fsp3) is 0.296. The molecule has 10 heteroatoms. The second kappa shape index (κ2) is 11.5. The number of benzene rings is 2. The van der Waals surface area contributed by atoms with Gasteiger partial charge in [0.15, 0.2) is 4.80 Å². The quantitative estimate of drug-likeness (QED) is 0.389. The van der Waals surface area contributed by atoms with Crippen LogP contribution in [0.3, 0.4) is 0 Å². The monoisotopic (exact) mass is 528 g/mol. The Morgan fingerprint density at radius 3 is 2.51 bits per heavy atom. The molecule has 2 heterocycles. The summed E-state index contributed by atoms with van der Waals surface area (Å²) in [4.78, 5) is 32.1. The van der Waals surface area contributed by atoms with E-state index in [9.17, 15) is 18.4 Å². The van der Waals surface area contributed by atoms with Gasteiger partial charge in [-0.25, -0.2) is 9.79 Å². The van der Waals surface area contributed by atoms with E-state index in [-0.39, 0.29) is 22.5 Å². The predicted molar refractivity (Wildman–Crippen MR) is 136 cm³/mol. The van der Waals surface area contributed by atoms with Crippen molar-refractivity contribution in [3.63, 3.8) is 0 Å². The summed E-state index contributed by atoms with van der Waals surface area (Å²) >= 11 is 1.11. The highest BCUT2D eigenvalue weighted by molar-refractivity contribution is 7.07. The first-order valence-electron chi connectivity index (χ1n) is 11.8. The summed E-state index contributed by atoms with van der Waals surface area (Å²) in [6.45, 7) is 0.833. The average Bonchev–Trinajstić information content (AvgIpc) is 3.19. The van der Waals surface area contributed by atoms with Crippen LogP contribution in [0.4, 0.5) is 8.78 Å². The zero-order valence-corrected chi connectivity index (χ0v) is 21.4. The molecular weight excluding hydrogens is 502 g/mol. The second-order valence-corrected chi connectivity index (χ2v) is 9.08. The van der Waals surface area contributed by atoms with Crippen molar-refractivity contribution < 1.29 is 27.8 Å². The highest BCUT2D eigenvalue weighted by Crippen LogP contribution is 2.36. The van der Waals surface area contributed by atoms with E-state index in [2.05, 4.69) is 4.74 Å². The Bertz CT molecular complexity index is 1510. The van der Waals surface area contributed by atoms with Gasteiger partial charge in [-0.05, 0) is 31.6 Å². The van der Waals surface area contributed by atoms with Gasteiger partial charge in [-0.3, -0.25) is 9.36 Å². The Labute approximate surface area is 215 Å². The molecule has 0 bridgehead atoms. The Kier molecular flexibility index (Phi) is 8.17. The number of carbonyl (C=O) groups is 1. The number of hydrogen-bond donors (Lipinski definition) is 0. The molecule has 0 unspecified atom stereocenters. The minimum absolute atomic E-state index is 0.0523. The van der Waals surface area contributed by atoms with Crippen LogP contribution in [-0.2, 0) is 9.53 Å². The maximum Gasteiger partial charge on any atom is 0.387 e. The molecule has 4 rings (SSSR count). The third kappa shape index (κ3) is 5.34. The number of nitrogens with zero attached hydrogens (tertiary/aromatic N) is 2. The normalized spacial score (nSPS) is 15.4. The van der Waals surface area contributed by atoms with Gasteiger partial charge >= 0.3 is 12.6 Å².